The van der Waals surface area contributed by atoms with E-state index in [0.717, 1.165) is 35.6 Å². The Hall–Kier alpha value is -2.39. The number of aromatic nitrogens is 2. The lowest BCUT2D eigenvalue weighted by Gasteiger charge is -2.12. The molecule has 0 aliphatic rings. The Balaban J connectivity index is 0.00000320. The van der Waals surface area contributed by atoms with Crippen molar-refractivity contribution in [3.05, 3.63) is 88.8 Å². The normalized spacial score (nSPS) is 10.8. The third-order valence-corrected chi connectivity index (χ3v) is 4.43. The van der Waals surface area contributed by atoms with Gasteiger partial charge in [-0.15, -0.1) is 24.0 Å². The van der Waals surface area contributed by atoms with Crippen LogP contribution >= 0.6 is 35.6 Å². The van der Waals surface area contributed by atoms with Crippen molar-refractivity contribution in [2.45, 2.75) is 19.6 Å². The van der Waals surface area contributed by atoms with Crippen molar-refractivity contribution in [3.63, 3.8) is 0 Å². The molecule has 0 amide bonds. The van der Waals surface area contributed by atoms with Crippen LogP contribution in [0.3, 0.4) is 0 Å². The van der Waals surface area contributed by atoms with Crippen molar-refractivity contribution in [1.82, 2.24) is 20.6 Å². The molecule has 2 heterocycles. The van der Waals surface area contributed by atoms with Crippen molar-refractivity contribution >= 4 is 41.5 Å². The number of nitrogens with zero attached hydrogens (tertiary/aromatic N) is 3. The van der Waals surface area contributed by atoms with Gasteiger partial charge in [-0.1, -0.05) is 48.0 Å². The molecular formula is C22H25ClIN5O. The highest BCUT2D eigenvalue weighted by Gasteiger charge is 2.02. The molecule has 0 bridgehead atoms. The summed E-state index contributed by atoms with van der Waals surface area (Å²) in [5.74, 6) is 1.34. The standard InChI is InChI=1S/C22H24ClN5O.HI/c1-24-22(26-12-9-17-7-8-20(23)27-14-17)28-15-19-10-11-25-21(13-19)29-16-18-5-3-2-4-6-18;/h2-8,10-11,13-14H,9,12,15-16H2,1H3,(H2,24,26,28);1H. The van der Waals surface area contributed by atoms with Gasteiger partial charge in [-0.05, 0) is 35.2 Å². The number of hydrogen-bond acceptors (Lipinski definition) is 4. The molecule has 0 spiro atoms. The van der Waals surface area contributed by atoms with Gasteiger partial charge in [-0.2, -0.15) is 0 Å². The van der Waals surface area contributed by atoms with E-state index < -0.39 is 0 Å². The van der Waals surface area contributed by atoms with E-state index in [0.29, 0.717) is 24.2 Å². The number of hydrogen-bond donors (Lipinski definition) is 2. The molecule has 2 aromatic heterocycles. The third-order valence-electron chi connectivity index (χ3n) is 4.21. The molecule has 3 aromatic rings. The fourth-order valence-corrected chi connectivity index (χ4v) is 2.77. The van der Waals surface area contributed by atoms with Crippen LogP contribution in [0.1, 0.15) is 16.7 Å². The zero-order valence-electron chi connectivity index (χ0n) is 16.7. The number of rotatable bonds is 8. The maximum atomic E-state index is 5.81. The van der Waals surface area contributed by atoms with Crippen molar-refractivity contribution in [2.24, 2.45) is 4.99 Å². The van der Waals surface area contributed by atoms with Crippen LogP contribution in [0.2, 0.25) is 5.15 Å². The molecule has 3 rings (SSSR count). The molecule has 0 unspecified atom stereocenters. The number of benzene rings is 1. The summed E-state index contributed by atoms with van der Waals surface area (Å²) in [6, 6.07) is 17.7. The van der Waals surface area contributed by atoms with Gasteiger partial charge in [0.05, 0.1) is 0 Å². The summed E-state index contributed by atoms with van der Waals surface area (Å²) < 4.78 is 5.79. The predicted octanol–water partition coefficient (Wildman–Crippen LogP) is 4.23. The Morgan fingerprint density at radius 2 is 1.83 bits per heavy atom. The minimum atomic E-state index is 0. The lowest BCUT2D eigenvalue weighted by atomic mass is 10.2. The van der Waals surface area contributed by atoms with Crippen LogP contribution in [0.25, 0.3) is 0 Å². The van der Waals surface area contributed by atoms with E-state index in [9.17, 15) is 0 Å². The minimum absolute atomic E-state index is 0. The average molecular weight is 538 g/mol. The molecule has 0 radical (unpaired) electrons. The van der Waals surface area contributed by atoms with Gasteiger partial charge in [0.1, 0.15) is 11.8 Å². The zero-order valence-corrected chi connectivity index (χ0v) is 19.8. The van der Waals surface area contributed by atoms with E-state index in [1.165, 1.54) is 0 Å². The lowest BCUT2D eigenvalue weighted by molar-refractivity contribution is 0.293. The van der Waals surface area contributed by atoms with E-state index in [2.05, 4.69) is 25.6 Å². The fourth-order valence-electron chi connectivity index (χ4n) is 2.66. The lowest BCUT2D eigenvalue weighted by Crippen LogP contribution is -2.37. The van der Waals surface area contributed by atoms with E-state index >= 15 is 0 Å². The SMILES string of the molecule is CN=C(NCCc1ccc(Cl)nc1)NCc1ccnc(OCc2ccccc2)c1.I. The maximum Gasteiger partial charge on any atom is 0.213 e. The monoisotopic (exact) mass is 537 g/mol. The summed E-state index contributed by atoms with van der Waals surface area (Å²) in [6.07, 6.45) is 4.37. The number of nitrogens with one attached hydrogen (secondary N) is 2. The quantitative estimate of drug-likeness (QED) is 0.195. The average Bonchev–Trinajstić information content (AvgIpc) is 2.77. The zero-order chi connectivity index (χ0) is 20.3. The second-order valence-corrected chi connectivity index (χ2v) is 6.76. The largest absolute Gasteiger partial charge is 0.473 e. The van der Waals surface area contributed by atoms with Gasteiger partial charge < -0.3 is 15.4 Å². The molecule has 0 saturated heterocycles. The molecule has 0 aliphatic carbocycles. The Kier molecular flexibility index (Phi) is 10.4. The Morgan fingerprint density at radius 1 is 1.00 bits per heavy atom. The molecule has 158 valence electrons. The number of aliphatic imine (C=N–C) groups is 1. The van der Waals surface area contributed by atoms with Gasteiger partial charge in [0.2, 0.25) is 5.88 Å². The number of halogens is 2. The minimum Gasteiger partial charge on any atom is -0.473 e. The van der Waals surface area contributed by atoms with Crippen LogP contribution < -0.4 is 15.4 Å². The van der Waals surface area contributed by atoms with Gasteiger partial charge in [-0.25, -0.2) is 9.97 Å². The molecule has 1 aromatic carbocycles. The van der Waals surface area contributed by atoms with Crippen LogP contribution in [0.15, 0.2) is 72.0 Å². The summed E-state index contributed by atoms with van der Waals surface area (Å²) in [5, 5.41) is 7.10. The molecule has 6 nitrogen and oxygen atoms in total. The molecule has 0 atom stereocenters. The molecule has 2 N–H and O–H groups in total. The summed E-state index contributed by atoms with van der Waals surface area (Å²) in [4.78, 5) is 12.6. The van der Waals surface area contributed by atoms with Gasteiger partial charge in [0.15, 0.2) is 5.96 Å². The third kappa shape index (κ3) is 8.16. The van der Waals surface area contributed by atoms with E-state index in [1.807, 2.05) is 48.5 Å². The Morgan fingerprint density at radius 3 is 2.57 bits per heavy atom. The molecule has 0 fully saturated rings. The first kappa shape index (κ1) is 23.9. The van der Waals surface area contributed by atoms with Crippen LogP contribution in [-0.4, -0.2) is 29.5 Å². The van der Waals surface area contributed by atoms with E-state index in [4.69, 9.17) is 16.3 Å². The molecule has 30 heavy (non-hydrogen) atoms. The van der Waals surface area contributed by atoms with Crippen LogP contribution in [0.4, 0.5) is 0 Å². The second-order valence-electron chi connectivity index (χ2n) is 6.37. The van der Waals surface area contributed by atoms with Crippen molar-refractivity contribution < 1.29 is 4.74 Å². The fraction of sp³-hybridized carbons (Fsp3) is 0.227. The topological polar surface area (TPSA) is 71.4 Å². The molecular weight excluding hydrogens is 513 g/mol. The van der Waals surface area contributed by atoms with Crippen molar-refractivity contribution in [2.75, 3.05) is 13.6 Å². The van der Waals surface area contributed by atoms with Gasteiger partial charge in [0, 0.05) is 38.6 Å². The van der Waals surface area contributed by atoms with Gasteiger partial charge in [0.25, 0.3) is 0 Å². The summed E-state index contributed by atoms with van der Waals surface area (Å²) >= 11 is 5.81. The molecule has 0 saturated carbocycles. The highest BCUT2D eigenvalue weighted by atomic mass is 127. The number of guanidine groups is 1. The maximum absolute atomic E-state index is 5.81. The van der Waals surface area contributed by atoms with E-state index in [-0.39, 0.29) is 24.0 Å². The highest BCUT2D eigenvalue weighted by molar-refractivity contribution is 14.0. The van der Waals surface area contributed by atoms with Crippen LogP contribution in [0.5, 0.6) is 5.88 Å². The predicted molar refractivity (Wildman–Crippen MR) is 132 cm³/mol. The molecule has 0 aliphatic heterocycles. The van der Waals surface area contributed by atoms with Crippen LogP contribution in [0, 0.1) is 0 Å². The first-order valence-corrected chi connectivity index (χ1v) is 9.77. The number of pyridine rings is 2. The summed E-state index contributed by atoms with van der Waals surface area (Å²) in [6.45, 7) is 1.85. The molecule has 8 heteroatoms. The highest BCUT2D eigenvalue weighted by Crippen LogP contribution is 2.12. The van der Waals surface area contributed by atoms with Crippen molar-refractivity contribution in [1.29, 1.82) is 0 Å². The van der Waals surface area contributed by atoms with Crippen molar-refractivity contribution in [3.8, 4) is 5.88 Å². The Labute approximate surface area is 199 Å². The number of ether oxygens (including phenoxy) is 1. The first-order chi connectivity index (χ1) is 14.2. The first-order valence-electron chi connectivity index (χ1n) is 9.39. The van der Waals surface area contributed by atoms with Crippen LogP contribution in [-0.2, 0) is 19.6 Å². The second kappa shape index (κ2) is 13.0. The van der Waals surface area contributed by atoms with E-state index in [1.54, 1.807) is 25.5 Å². The van der Waals surface area contributed by atoms with Gasteiger partial charge in [-0.3, -0.25) is 4.99 Å². The van der Waals surface area contributed by atoms with Gasteiger partial charge >= 0.3 is 0 Å². The summed E-state index contributed by atoms with van der Waals surface area (Å²) in [7, 11) is 1.75. The Bertz CT molecular complexity index is 922. The smallest absolute Gasteiger partial charge is 0.213 e. The summed E-state index contributed by atoms with van der Waals surface area (Å²) in [5.41, 5.74) is 3.29.